The molecule has 3 N–H and O–H groups in total. The summed E-state index contributed by atoms with van der Waals surface area (Å²) < 4.78 is 5.44. The third kappa shape index (κ3) is 3.27. The van der Waals surface area contributed by atoms with Crippen molar-refractivity contribution in [3.8, 4) is 5.75 Å². The molecule has 0 aliphatic heterocycles. The molecule has 2 aromatic carbocycles. The van der Waals surface area contributed by atoms with E-state index in [0.29, 0.717) is 13.0 Å². The number of rotatable bonds is 6. The molecule has 0 bridgehead atoms. The predicted molar refractivity (Wildman–Crippen MR) is 80.6 cm³/mol. The Morgan fingerprint density at radius 2 is 2.05 bits per heavy atom. The smallest absolute Gasteiger partial charge is 0.218 e. The maximum Gasteiger partial charge on any atom is 0.218 e. The van der Waals surface area contributed by atoms with Gasteiger partial charge in [-0.15, -0.1) is 0 Å². The van der Waals surface area contributed by atoms with E-state index in [4.69, 9.17) is 10.5 Å². The van der Waals surface area contributed by atoms with Crippen LogP contribution in [0.1, 0.15) is 18.9 Å². The molecule has 2 aromatic rings. The Kier molecular flexibility index (Phi) is 4.58. The van der Waals surface area contributed by atoms with Crippen LogP contribution in [-0.4, -0.2) is 19.1 Å². The van der Waals surface area contributed by atoms with E-state index in [0.717, 1.165) is 16.7 Å². The van der Waals surface area contributed by atoms with Gasteiger partial charge in [0.25, 0.3) is 0 Å². The van der Waals surface area contributed by atoms with Gasteiger partial charge in [-0.1, -0.05) is 30.3 Å². The van der Waals surface area contributed by atoms with E-state index in [1.807, 2.05) is 31.2 Å². The number of benzene rings is 2. The summed E-state index contributed by atoms with van der Waals surface area (Å²) in [6, 6.07) is 12.2. The fourth-order valence-electron chi connectivity index (χ4n) is 2.34. The summed E-state index contributed by atoms with van der Waals surface area (Å²) >= 11 is 0. The van der Waals surface area contributed by atoms with Crippen LogP contribution in [0.3, 0.4) is 0 Å². The van der Waals surface area contributed by atoms with Gasteiger partial charge in [0.05, 0.1) is 7.11 Å². The van der Waals surface area contributed by atoms with Gasteiger partial charge in [-0.25, -0.2) is 0 Å². The van der Waals surface area contributed by atoms with Crippen LogP contribution in [0.25, 0.3) is 10.8 Å². The van der Waals surface area contributed by atoms with Crippen LogP contribution in [0, 0.1) is 0 Å². The molecule has 0 aromatic heterocycles. The molecule has 0 saturated carbocycles. The van der Waals surface area contributed by atoms with Gasteiger partial charge in [0.1, 0.15) is 5.75 Å². The van der Waals surface area contributed by atoms with Crippen LogP contribution >= 0.6 is 0 Å². The van der Waals surface area contributed by atoms with Crippen molar-refractivity contribution in [2.75, 3.05) is 7.11 Å². The van der Waals surface area contributed by atoms with Crippen molar-refractivity contribution < 1.29 is 9.53 Å². The van der Waals surface area contributed by atoms with E-state index in [-0.39, 0.29) is 11.9 Å². The Morgan fingerprint density at radius 1 is 1.30 bits per heavy atom. The molecule has 0 aliphatic carbocycles. The number of hydrogen-bond donors (Lipinski definition) is 2. The summed E-state index contributed by atoms with van der Waals surface area (Å²) in [5.74, 6) is 0.553. The van der Waals surface area contributed by atoms with Gasteiger partial charge in [-0.2, -0.15) is 0 Å². The summed E-state index contributed by atoms with van der Waals surface area (Å²) in [6.07, 6.45) is 0.326. The molecule has 4 nitrogen and oxygen atoms in total. The number of carbonyl (C=O) groups is 1. The standard InChI is InChI=1S/C16H20N2O2/c1-11(9-16(17)19)18-10-14-13-6-4-3-5-12(13)7-8-15(14)20-2/h3-8,11,18H,9-10H2,1-2H3,(H2,17,19). The highest BCUT2D eigenvalue weighted by Crippen LogP contribution is 2.27. The molecule has 4 heteroatoms. The summed E-state index contributed by atoms with van der Waals surface area (Å²) in [6.45, 7) is 2.58. The fourth-order valence-corrected chi connectivity index (χ4v) is 2.34. The SMILES string of the molecule is COc1ccc2ccccc2c1CNC(C)CC(N)=O. The zero-order valence-corrected chi connectivity index (χ0v) is 11.8. The lowest BCUT2D eigenvalue weighted by molar-refractivity contribution is -0.118. The van der Waals surface area contributed by atoms with Crippen molar-refractivity contribution in [2.24, 2.45) is 5.73 Å². The Labute approximate surface area is 118 Å². The van der Waals surface area contributed by atoms with Crippen LogP contribution < -0.4 is 15.8 Å². The zero-order valence-electron chi connectivity index (χ0n) is 11.8. The normalized spacial score (nSPS) is 12.3. The first-order valence-corrected chi connectivity index (χ1v) is 6.68. The second kappa shape index (κ2) is 6.39. The third-order valence-corrected chi connectivity index (χ3v) is 3.35. The first kappa shape index (κ1) is 14.3. The lowest BCUT2D eigenvalue weighted by Gasteiger charge is -2.16. The summed E-state index contributed by atoms with van der Waals surface area (Å²) in [7, 11) is 1.67. The third-order valence-electron chi connectivity index (χ3n) is 3.35. The number of fused-ring (bicyclic) bond motifs is 1. The molecule has 0 radical (unpaired) electrons. The van der Waals surface area contributed by atoms with Crippen LogP contribution in [0.4, 0.5) is 0 Å². The van der Waals surface area contributed by atoms with Gasteiger partial charge >= 0.3 is 0 Å². The lowest BCUT2D eigenvalue weighted by Crippen LogP contribution is -2.30. The van der Waals surface area contributed by atoms with Crippen LogP contribution in [0.15, 0.2) is 36.4 Å². The van der Waals surface area contributed by atoms with Crippen molar-refractivity contribution in [1.29, 1.82) is 0 Å². The highest BCUT2D eigenvalue weighted by Gasteiger charge is 2.10. The van der Waals surface area contributed by atoms with Crippen molar-refractivity contribution >= 4 is 16.7 Å². The van der Waals surface area contributed by atoms with Crippen molar-refractivity contribution in [1.82, 2.24) is 5.32 Å². The highest BCUT2D eigenvalue weighted by atomic mass is 16.5. The molecule has 0 fully saturated rings. The first-order chi connectivity index (χ1) is 9.61. The number of amides is 1. The van der Waals surface area contributed by atoms with E-state index < -0.39 is 0 Å². The Balaban J connectivity index is 2.25. The molecule has 2 rings (SSSR count). The molecule has 20 heavy (non-hydrogen) atoms. The maximum atomic E-state index is 10.9. The van der Waals surface area contributed by atoms with Gasteiger partial charge in [0.15, 0.2) is 0 Å². The second-order valence-corrected chi connectivity index (χ2v) is 4.92. The van der Waals surface area contributed by atoms with Crippen molar-refractivity contribution in [3.05, 3.63) is 42.0 Å². The van der Waals surface area contributed by atoms with E-state index in [1.54, 1.807) is 7.11 Å². The maximum absolute atomic E-state index is 10.9. The average Bonchev–Trinajstić information content (AvgIpc) is 2.43. The van der Waals surface area contributed by atoms with E-state index in [9.17, 15) is 4.79 Å². The van der Waals surface area contributed by atoms with E-state index in [2.05, 4.69) is 17.4 Å². The van der Waals surface area contributed by atoms with Gasteiger partial charge < -0.3 is 15.8 Å². The molecule has 106 valence electrons. The number of methoxy groups -OCH3 is 1. The van der Waals surface area contributed by atoms with Crippen LogP contribution in [0.2, 0.25) is 0 Å². The monoisotopic (exact) mass is 272 g/mol. The molecular formula is C16H20N2O2. The fraction of sp³-hybridized carbons (Fsp3) is 0.312. The van der Waals surface area contributed by atoms with E-state index in [1.165, 1.54) is 5.39 Å². The summed E-state index contributed by atoms with van der Waals surface area (Å²) in [5.41, 5.74) is 6.30. The number of carbonyl (C=O) groups excluding carboxylic acids is 1. The number of primary amides is 1. The number of ether oxygens (including phenoxy) is 1. The summed E-state index contributed by atoms with van der Waals surface area (Å²) in [4.78, 5) is 10.9. The minimum absolute atomic E-state index is 0.0381. The largest absolute Gasteiger partial charge is 0.496 e. The van der Waals surface area contributed by atoms with Crippen LogP contribution in [-0.2, 0) is 11.3 Å². The van der Waals surface area contributed by atoms with Gasteiger partial charge in [-0.3, -0.25) is 4.79 Å². The predicted octanol–water partition coefficient (Wildman–Crippen LogP) is 2.20. The molecule has 0 saturated heterocycles. The zero-order chi connectivity index (χ0) is 14.5. The van der Waals surface area contributed by atoms with Crippen molar-refractivity contribution in [3.63, 3.8) is 0 Å². The number of nitrogens with two attached hydrogens (primary N) is 1. The molecular weight excluding hydrogens is 252 g/mol. The Morgan fingerprint density at radius 3 is 2.75 bits per heavy atom. The molecule has 0 aliphatic rings. The minimum Gasteiger partial charge on any atom is -0.496 e. The summed E-state index contributed by atoms with van der Waals surface area (Å²) in [5, 5.41) is 5.65. The van der Waals surface area contributed by atoms with Gasteiger partial charge in [-0.05, 0) is 23.8 Å². The van der Waals surface area contributed by atoms with E-state index >= 15 is 0 Å². The minimum atomic E-state index is -0.296. The molecule has 1 unspecified atom stereocenters. The highest BCUT2D eigenvalue weighted by molar-refractivity contribution is 5.87. The molecule has 0 spiro atoms. The second-order valence-electron chi connectivity index (χ2n) is 4.92. The lowest BCUT2D eigenvalue weighted by atomic mass is 10.0. The van der Waals surface area contributed by atoms with Gasteiger partial charge in [0.2, 0.25) is 5.91 Å². The van der Waals surface area contributed by atoms with Crippen molar-refractivity contribution in [2.45, 2.75) is 25.9 Å². The first-order valence-electron chi connectivity index (χ1n) is 6.68. The topological polar surface area (TPSA) is 64.3 Å². The number of hydrogen-bond acceptors (Lipinski definition) is 3. The molecule has 0 heterocycles. The Bertz CT molecular complexity index is 610. The molecule has 1 amide bonds. The average molecular weight is 272 g/mol. The quantitative estimate of drug-likeness (QED) is 0.847. The number of nitrogens with one attached hydrogen (secondary N) is 1. The molecule has 1 atom stereocenters. The Hall–Kier alpha value is -2.07. The van der Waals surface area contributed by atoms with Crippen LogP contribution in [0.5, 0.6) is 5.75 Å². The van der Waals surface area contributed by atoms with Gasteiger partial charge in [0, 0.05) is 24.6 Å².